The quantitative estimate of drug-likeness (QED) is 0.443. The predicted octanol–water partition coefficient (Wildman–Crippen LogP) is 3.10. The fourth-order valence-corrected chi connectivity index (χ4v) is 3.66. The lowest BCUT2D eigenvalue weighted by Crippen LogP contribution is -2.07. The van der Waals surface area contributed by atoms with Crippen LogP contribution < -0.4 is 4.74 Å². The number of carbonyl (C=O) groups excluding carboxylic acids is 1. The highest BCUT2D eigenvalue weighted by atomic mass is 32.2. The smallest absolute Gasteiger partial charge is 0.209 e. The molecule has 0 saturated heterocycles. The third-order valence-electron chi connectivity index (χ3n) is 3.46. The van der Waals surface area contributed by atoms with Gasteiger partial charge in [-0.3, -0.25) is 4.79 Å². The second-order valence-corrected chi connectivity index (χ2v) is 7.05. The molecule has 2 aromatic heterocycles. The molecular formula is C16H15FN4O2S2. The Morgan fingerprint density at radius 3 is 3.00 bits per heavy atom. The summed E-state index contributed by atoms with van der Waals surface area (Å²) in [6.45, 7) is 0.640. The number of halogens is 1. The molecular weight excluding hydrogens is 363 g/mol. The van der Waals surface area contributed by atoms with Crippen LogP contribution in [-0.4, -0.2) is 38.9 Å². The first-order valence-corrected chi connectivity index (χ1v) is 9.32. The van der Waals surface area contributed by atoms with Crippen molar-refractivity contribution in [3.63, 3.8) is 0 Å². The van der Waals surface area contributed by atoms with Crippen LogP contribution in [0.1, 0.15) is 15.2 Å². The Hall–Kier alpha value is -2.26. The number of ketones is 1. The van der Waals surface area contributed by atoms with Gasteiger partial charge in [0.1, 0.15) is 0 Å². The SMILES string of the molecule is COc1ccc(C(=O)CSc2nnnn2CCc2cccs2)cc1F. The Morgan fingerprint density at radius 1 is 1.40 bits per heavy atom. The van der Waals surface area contributed by atoms with Gasteiger partial charge >= 0.3 is 0 Å². The molecule has 0 aliphatic rings. The van der Waals surface area contributed by atoms with Gasteiger partial charge in [-0.05, 0) is 40.1 Å². The van der Waals surface area contributed by atoms with Crippen LogP contribution in [0.25, 0.3) is 0 Å². The van der Waals surface area contributed by atoms with Gasteiger partial charge in [-0.2, -0.15) is 0 Å². The number of benzene rings is 1. The number of hydrogen-bond acceptors (Lipinski definition) is 7. The van der Waals surface area contributed by atoms with E-state index in [1.165, 1.54) is 35.9 Å². The number of ether oxygens (including phenoxy) is 1. The van der Waals surface area contributed by atoms with E-state index in [9.17, 15) is 9.18 Å². The molecule has 6 nitrogen and oxygen atoms in total. The fraction of sp³-hybridized carbons (Fsp3) is 0.250. The number of nitrogens with zero attached hydrogens (tertiary/aromatic N) is 4. The van der Waals surface area contributed by atoms with Gasteiger partial charge in [-0.1, -0.05) is 17.8 Å². The van der Waals surface area contributed by atoms with Crippen LogP contribution in [0.3, 0.4) is 0 Å². The van der Waals surface area contributed by atoms with Gasteiger partial charge in [-0.25, -0.2) is 9.07 Å². The molecule has 0 bridgehead atoms. The molecule has 3 aromatic rings. The van der Waals surface area contributed by atoms with Crippen molar-refractivity contribution in [2.75, 3.05) is 12.9 Å². The molecule has 0 spiro atoms. The Balaban J connectivity index is 1.59. The lowest BCUT2D eigenvalue weighted by Gasteiger charge is -2.05. The lowest BCUT2D eigenvalue weighted by molar-refractivity contribution is 0.102. The van der Waals surface area contributed by atoms with Gasteiger partial charge in [-0.15, -0.1) is 16.4 Å². The first-order chi connectivity index (χ1) is 12.2. The van der Waals surface area contributed by atoms with Crippen LogP contribution in [0.5, 0.6) is 5.75 Å². The topological polar surface area (TPSA) is 69.9 Å². The summed E-state index contributed by atoms with van der Waals surface area (Å²) < 4.78 is 20.2. The van der Waals surface area contributed by atoms with E-state index in [0.717, 1.165) is 6.42 Å². The molecule has 0 aliphatic heterocycles. The molecule has 9 heteroatoms. The number of tetrazole rings is 1. The van der Waals surface area contributed by atoms with E-state index in [0.29, 0.717) is 17.3 Å². The summed E-state index contributed by atoms with van der Waals surface area (Å²) in [6.07, 6.45) is 0.827. The molecule has 2 heterocycles. The summed E-state index contributed by atoms with van der Waals surface area (Å²) in [4.78, 5) is 13.5. The first kappa shape index (κ1) is 17.6. The van der Waals surface area contributed by atoms with E-state index in [4.69, 9.17) is 4.74 Å². The number of carbonyl (C=O) groups is 1. The van der Waals surface area contributed by atoms with Crippen molar-refractivity contribution < 1.29 is 13.9 Å². The van der Waals surface area contributed by atoms with Gasteiger partial charge in [0.15, 0.2) is 17.3 Å². The van der Waals surface area contributed by atoms with Crippen LogP contribution >= 0.6 is 23.1 Å². The average molecular weight is 378 g/mol. The Morgan fingerprint density at radius 2 is 2.28 bits per heavy atom. The van der Waals surface area contributed by atoms with Crippen LogP contribution in [0.4, 0.5) is 4.39 Å². The molecule has 0 amide bonds. The number of Topliss-reactive ketones (excluding diaryl/α,β-unsaturated/α-hetero) is 1. The highest BCUT2D eigenvalue weighted by molar-refractivity contribution is 7.99. The lowest BCUT2D eigenvalue weighted by atomic mass is 10.1. The molecule has 25 heavy (non-hydrogen) atoms. The zero-order chi connectivity index (χ0) is 17.6. The van der Waals surface area contributed by atoms with E-state index >= 15 is 0 Å². The molecule has 130 valence electrons. The second-order valence-electron chi connectivity index (χ2n) is 5.08. The van der Waals surface area contributed by atoms with Crippen molar-refractivity contribution in [3.05, 3.63) is 52.0 Å². The number of aryl methyl sites for hydroxylation is 2. The molecule has 0 N–H and O–H groups in total. The largest absolute Gasteiger partial charge is 0.494 e. The highest BCUT2D eigenvalue weighted by Gasteiger charge is 2.14. The van der Waals surface area contributed by atoms with Gasteiger partial charge < -0.3 is 4.74 Å². The van der Waals surface area contributed by atoms with Crippen LogP contribution in [-0.2, 0) is 13.0 Å². The molecule has 0 fully saturated rings. The summed E-state index contributed by atoms with van der Waals surface area (Å²) in [5.41, 5.74) is 0.295. The fourth-order valence-electron chi connectivity index (χ4n) is 2.16. The third-order valence-corrected chi connectivity index (χ3v) is 5.35. The number of hydrogen-bond donors (Lipinski definition) is 0. The normalized spacial score (nSPS) is 10.8. The summed E-state index contributed by atoms with van der Waals surface area (Å²) in [5.74, 6) is -0.509. The molecule has 0 saturated carbocycles. The Labute approximate surface area is 152 Å². The van der Waals surface area contributed by atoms with Crippen molar-refractivity contribution in [2.45, 2.75) is 18.1 Å². The minimum atomic E-state index is -0.556. The number of thiophene rings is 1. The van der Waals surface area contributed by atoms with E-state index in [1.54, 1.807) is 22.1 Å². The zero-order valence-corrected chi connectivity index (χ0v) is 15.0. The number of methoxy groups -OCH3 is 1. The van der Waals surface area contributed by atoms with Crippen LogP contribution in [0.15, 0.2) is 40.9 Å². The van der Waals surface area contributed by atoms with Gasteiger partial charge in [0.25, 0.3) is 0 Å². The van der Waals surface area contributed by atoms with Gasteiger partial charge in [0.2, 0.25) is 5.16 Å². The molecule has 3 rings (SSSR count). The van der Waals surface area contributed by atoms with E-state index in [1.807, 2.05) is 11.4 Å². The van der Waals surface area contributed by atoms with Gasteiger partial charge in [0.05, 0.1) is 19.4 Å². The van der Waals surface area contributed by atoms with Crippen molar-refractivity contribution in [1.29, 1.82) is 0 Å². The van der Waals surface area contributed by atoms with Crippen molar-refractivity contribution in [2.24, 2.45) is 0 Å². The molecule has 0 atom stereocenters. The minimum Gasteiger partial charge on any atom is -0.494 e. The summed E-state index contributed by atoms with van der Waals surface area (Å²) in [7, 11) is 1.38. The van der Waals surface area contributed by atoms with Gasteiger partial charge in [0, 0.05) is 16.9 Å². The highest BCUT2D eigenvalue weighted by Crippen LogP contribution is 2.21. The summed E-state index contributed by atoms with van der Waals surface area (Å²) in [6, 6.07) is 8.23. The van der Waals surface area contributed by atoms with Crippen LogP contribution in [0.2, 0.25) is 0 Å². The van der Waals surface area contributed by atoms with E-state index in [-0.39, 0.29) is 17.3 Å². The first-order valence-electron chi connectivity index (χ1n) is 7.45. The Bertz CT molecular complexity index is 852. The van der Waals surface area contributed by atoms with Crippen LogP contribution in [0, 0.1) is 5.82 Å². The molecule has 0 aliphatic carbocycles. The second kappa shape index (κ2) is 8.21. The third kappa shape index (κ3) is 4.43. The molecule has 0 unspecified atom stereocenters. The maximum Gasteiger partial charge on any atom is 0.209 e. The Kier molecular flexibility index (Phi) is 5.77. The van der Waals surface area contributed by atoms with E-state index < -0.39 is 5.82 Å². The summed E-state index contributed by atoms with van der Waals surface area (Å²) in [5, 5.41) is 14.2. The predicted molar refractivity (Wildman–Crippen MR) is 93.8 cm³/mol. The monoisotopic (exact) mass is 378 g/mol. The number of thioether (sulfide) groups is 1. The number of rotatable bonds is 8. The molecule has 1 aromatic carbocycles. The van der Waals surface area contributed by atoms with Crippen molar-refractivity contribution >= 4 is 28.9 Å². The van der Waals surface area contributed by atoms with E-state index in [2.05, 4.69) is 21.6 Å². The maximum atomic E-state index is 13.7. The number of aromatic nitrogens is 4. The average Bonchev–Trinajstić information content (AvgIpc) is 3.29. The standard InChI is InChI=1S/C16H15FN4O2S2/c1-23-15-5-4-11(9-13(15)17)14(22)10-25-16-18-19-20-21(16)7-6-12-3-2-8-24-12/h2-5,8-9H,6-7,10H2,1H3. The van der Waals surface area contributed by atoms with Crippen molar-refractivity contribution in [1.82, 2.24) is 20.2 Å². The maximum absolute atomic E-state index is 13.7. The zero-order valence-electron chi connectivity index (χ0n) is 13.4. The van der Waals surface area contributed by atoms with Crippen molar-refractivity contribution in [3.8, 4) is 5.75 Å². The molecule has 0 radical (unpaired) electrons. The minimum absolute atomic E-state index is 0.113. The summed E-state index contributed by atoms with van der Waals surface area (Å²) >= 11 is 2.92.